The molecule has 122 valence electrons. The maximum absolute atomic E-state index is 12.6. The maximum Gasteiger partial charge on any atom is 0.244 e. The van der Waals surface area contributed by atoms with Crippen molar-refractivity contribution in [2.75, 3.05) is 18.4 Å². The third-order valence-corrected chi connectivity index (χ3v) is 6.00. The van der Waals surface area contributed by atoms with Crippen molar-refractivity contribution in [1.29, 1.82) is 0 Å². The highest BCUT2D eigenvalue weighted by Crippen LogP contribution is 2.22. The molecule has 1 N–H and O–H groups in total. The fourth-order valence-electron chi connectivity index (χ4n) is 2.86. The molecule has 0 aliphatic carbocycles. The molecule has 6 heteroatoms. The Morgan fingerprint density at radius 1 is 1.17 bits per heavy atom. The van der Waals surface area contributed by atoms with Gasteiger partial charge in [0.2, 0.25) is 10.0 Å². The lowest BCUT2D eigenvalue weighted by Gasteiger charge is -2.32. The third-order valence-electron chi connectivity index (χ3n) is 4.11. The minimum Gasteiger partial charge on any atom is -0.382 e. The second-order valence-electron chi connectivity index (χ2n) is 5.88. The van der Waals surface area contributed by atoms with Gasteiger partial charge in [0.25, 0.3) is 0 Å². The molecule has 1 aromatic carbocycles. The standard InChI is InChI=1S/C17H21N3O2S/c1-14-4-2-5-16(12-14)19-15-7-10-20(11-8-15)23(21,22)17-6-3-9-18-13-17/h2-6,9,12-13,15,19H,7-8,10-11H2,1H3. The molecule has 0 unspecified atom stereocenters. The molecule has 1 aliphatic heterocycles. The van der Waals surface area contributed by atoms with Crippen LogP contribution in [-0.2, 0) is 10.0 Å². The van der Waals surface area contributed by atoms with E-state index in [1.807, 2.05) is 12.1 Å². The smallest absolute Gasteiger partial charge is 0.244 e. The van der Waals surface area contributed by atoms with Crippen LogP contribution in [0.4, 0.5) is 5.69 Å². The maximum atomic E-state index is 12.6. The van der Waals surface area contributed by atoms with Crippen molar-refractivity contribution in [2.45, 2.75) is 30.7 Å². The minimum atomic E-state index is -3.42. The average Bonchev–Trinajstić information content (AvgIpc) is 2.56. The zero-order chi connectivity index (χ0) is 16.3. The number of piperidine rings is 1. The monoisotopic (exact) mass is 331 g/mol. The van der Waals surface area contributed by atoms with Crippen LogP contribution in [0.15, 0.2) is 53.7 Å². The molecule has 23 heavy (non-hydrogen) atoms. The molecule has 1 aromatic heterocycles. The first-order valence-electron chi connectivity index (χ1n) is 7.79. The largest absolute Gasteiger partial charge is 0.382 e. The Balaban J connectivity index is 1.62. The predicted octanol–water partition coefficient (Wildman–Crippen LogP) is 2.66. The second kappa shape index (κ2) is 6.68. The molecule has 3 rings (SSSR count). The van der Waals surface area contributed by atoms with Crippen LogP contribution in [0.1, 0.15) is 18.4 Å². The summed E-state index contributed by atoms with van der Waals surface area (Å²) in [7, 11) is -3.42. The Labute approximate surface area is 137 Å². The SMILES string of the molecule is Cc1cccc(NC2CCN(S(=O)(=O)c3cccnc3)CC2)c1. The summed E-state index contributed by atoms with van der Waals surface area (Å²) >= 11 is 0. The summed E-state index contributed by atoms with van der Waals surface area (Å²) in [6.07, 6.45) is 4.59. The first-order chi connectivity index (χ1) is 11.1. The van der Waals surface area contributed by atoms with Crippen LogP contribution >= 0.6 is 0 Å². The van der Waals surface area contributed by atoms with Gasteiger partial charge in [-0.05, 0) is 49.6 Å². The first kappa shape index (κ1) is 16.0. The van der Waals surface area contributed by atoms with Gasteiger partial charge in [-0.3, -0.25) is 4.98 Å². The van der Waals surface area contributed by atoms with Crippen LogP contribution in [0.3, 0.4) is 0 Å². The summed E-state index contributed by atoms with van der Waals surface area (Å²) < 4.78 is 26.7. The molecule has 0 radical (unpaired) electrons. The Kier molecular flexibility index (Phi) is 4.63. The van der Waals surface area contributed by atoms with Gasteiger partial charge in [-0.25, -0.2) is 8.42 Å². The van der Waals surface area contributed by atoms with Crippen LogP contribution in [0, 0.1) is 6.92 Å². The molecule has 1 saturated heterocycles. The number of aryl methyl sites for hydroxylation is 1. The summed E-state index contributed by atoms with van der Waals surface area (Å²) in [4.78, 5) is 4.18. The van der Waals surface area contributed by atoms with Crippen molar-refractivity contribution in [2.24, 2.45) is 0 Å². The molecule has 0 atom stereocenters. The molecular weight excluding hydrogens is 310 g/mol. The zero-order valence-electron chi connectivity index (χ0n) is 13.1. The Morgan fingerprint density at radius 3 is 2.61 bits per heavy atom. The van der Waals surface area contributed by atoms with Gasteiger partial charge >= 0.3 is 0 Å². The molecule has 0 spiro atoms. The summed E-state index contributed by atoms with van der Waals surface area (Å²) in [5.41, 5.74) is 2.31. The third kappa shape index (κ3) is 3.71. The lowest BCUT2D eigenvalue weighted by molar-refractivity contribution is 0.329. The van der Waals surface area contributed by atoms with Crippen LogP contribution in [0.25, 0.3) is 0 Å². The van der Waals surface area contributed by atoms with Crippen molar-refractivity contribution >= 4 is 15.7 Å². The van der Waals surface area contributed by atoms with E-state index in [1.165, 1.54) is 11.8 Å². The number of anilines is 1. The van der Waals surface area contributed by atoms with Crippen LogP contribution < -0.4 is 5.32 Å². The van der Waals surface area contributed by atoms with Crippen molar-refractivity contribution in [1.82, 2.24) is 9.29 Å². The molecule has 5 nitrogen and oxygen atoms in total. The molecule has 2 heterocycles. The predicted molar refractivity (Wildman–Crippen MR) is 90.8 cm³/mol. The Morgan fingerprint density at radius 2 is 1.96 bits per heavy atom. The summed E-state index contributed by atoms with van der Waals surface area (Å²) in [5, 5.41) is 3.50. The lowest BCUT2D eigenvalue weighted by atomic mass is 10.1. The number of nitrogens with one attached hydrogen (secondary N) is 1. The number of benzene rings is 1. The number of hydrogen-bond acceptors (Lipinski definition) is 4. The highest BCUT2D eigenvalue weighted by Gasteiger charge is 2.29. The molecule has 2 aromatic rings. The number of nitrogens with zero attached hydrogens (tertiary/aromatic N) is 2. The number of hydrogen-bond donors (Lipinski definition) is 1. The van der Waals surface area contributed by atoms with E-state index in [9.17, 15) is 8.42 Å². The zero-order valence-corrected chi connectivity index (χ0v) is 14.0. The summed E-state index contributed by atoms with van der Waals surface area (Å²) in [5.74, 6) is 0. The van der Waals surface area contributed by atoms with E-state index in [0.717, 1.165) is 18.5 Å². The minimum absolute atomic E-state index is 0.269. The summed E-state index contributed by atoms with van der Waals surface area (Å²) in [6.45, 7) is 3.12. The van der Waals surface area contributed by atoms with Gasteiger partial charge in [-0.2, -0.15) is 4.31 Å². The molecule has 1 aliphatic rings. The quantitative estimate of drug-likeness (QED) is 0.935. The molecule has 0 saturated carbocycles. The van der Waals surface area contributed by atoms with Crippen molar-refractivity contribution in [3.63, 3.8) is 0 Å². The fourth-order valence-corrected chi connectivity index (χ4v) is 4.29. The van der Waals surface area contributed by atoms with Gasteiger partial charge in [0.15, 0.2) is 0 Å². The number of pyridine rings is 1. The molecule has 0 bridgehead atoms. The molecule has 1 fully saturated rings. The fraction of sp³-hybridized carbons (Fsp3) is 0.353. The van der Waals surface area contributed by atoms with Crippen molar-refractivity contribution < 1.29 is 8.42 Å². The van der Waals surface area contributed by atoms with E-state index in [0.29, 0.717) is 19.1 Å². The van der Waals surface area contributed by atoms with Crippen LogP contribution in [-0.4, -0.2) is 36.8 Å². The van der Waals surface area contributed by atoms with Gasteiger partial charge in [0, 0.05) is 37.2 Å². The highest BCUT2D eigenvalue weighted by molar-refractivity contribution is 7.89. The molecule has 0 amide bonds. The topological polar surface area (TPSA) is 62.3 Å². The average molecular weight is 331 g/mol. The second-order valence-corrected chi connectivity index (χ2v) is 7.82. The van der Waals surface area contributed by atoms with E-state index in [4.69, 9.17) is 0 Å². The normalized spacial score (nSPS) is 17.1. The van der Waals surface area contributed by atoms with Crippen molar-refractivity contribution in [3.8, 4) is 0 Å². The molecular formula is C17H21N3O2S. The van der Waals surface area contributed by atoms with Gasteiger partial charge in [0.1, 0.15) is 4.90 Å². The van der Waals surface area contributed by atoms with E-state index in [-0.39, 0.29) is 4.90 Å². The van der Waals surface area contributed by atoms with Gasteiger partial charge in [0.05, 0.1) is 0 Å². The van der Waals surface area contributed by atoms with Gasteiger partial charge in [-0.15, -0.1) is 0 Å². The van der Waals surface area contributed by atoms with Gasteiger partial charge in [-0.1, -0.05) is 12.1 Å². The van der Waals surface area contributed by atoms with Crippen LogP contribution in [0.2, 0.25) is 0 Å². The van der Waals surface area contributed by atoms with Gasteiger partial charge < -0.3 is 5.32 Å². The van der Waals surface area contributed by atoms with Crippen molar-refractivity contribution in [3.05, 3.63) is 54.4 Å². The highest BCUT2D eigenvalue weighted by atomic mass is 32.2. The van der Waals surface area contributed by atoms with E-state index >= 15 is 0 Å². The van der Waals surface area contributed by atoms with E-state index in [2.05, 4.69) is 29.4 Å². The van der Waals surface area contributed by atoms with Crippen LogP contribution in [0.5, 0.6) is 0 Å². The van der Waals surface area contributed by atoms with E-state index < -0.39 is 10.0 Å². The number of sulfonamides is 1. The van der Waals surface area contributed by atoms with E-state index in [1.54, 1.807) is 22.6 Å². The first-order valence-corrected chi connectivity index (χ1v) is 9.23. The number of aromatic nitrogens is 1. The Bertz CT molecular complexity index is 754. The summed E-state index contributed by atoms with van der Waals surface area (Å²) in [6, 6.07) is 11.8. The lowest BCUT2D eigenvalue weighted by Crippen LogP contribution is -2.42. The number of rotatable bonds is 4. The Hall–Kier alpha value is -1.92.